The van der Waals surface area contributed by atoms with Crippen LogP contribution in [-0.4, -0.2) is 58.6 Å². The fourth-order valence-corrected chi connectivity index (χ4v) is 6.00. The second kappa shape index (κ2) is 10.9. The molecule has 1 aliphatic carbocycles. The van der Waals surface area contributed by atoms with E-state index in [4.69, 9.17) is 14.5 Å². The van der Waals surface area contributed by atoms with E-state index in [2.05, 4.69) is 20.5 Å². The molecule has 6 rings (SSSR count). The third kappa shape index (κ3) is 5.14. The van der Waals surface area contributed by atoms with Crippen LogP contribution in [0.3, 0.4) is 0 Å². The minimum Gasteiger partial charge on any atom is -0.493 e. The number of methoxy groups -OCH3 is 2. The lowest BCUT2D eigenvalue weighted by Gasteiger charge is -2.46. The summed E-state index contributed by atoms with van der Waals surface area (Å²) in [7, 11) is 2.99. The van der Waals surface area contributed by atoms with Gasteiger partial charge in [0, 0.05) is 23.2 Å². The van der Waals surface area contributed by atoms with Gasteiger partial charge in [-0.05, 0) is 56.9 Å². The Balaban J connectivity index is 1.41. The topological polar surface area (TPSA) is 109 Å². The van der Waals surface area contributed by atoms with Gasteiger partial charge < -0.3 is 19.7 Å². The minimum atomic E-state index is -4.26. The Morgan fingerprint density at radius 1 is 1.02 bits per heavy atom. The molecule has 0 bridgehead atoms. The molecule has 1 fully saturated rings. The SMILES string of the molecule is COc1ccc(N2C(=O)[C@@H](C)N(C3CCC(C(F)(F)F)CC3)c3nc(Nc4cc(F)c5[nH]ncc5c4)ncc32)cc1OC. The molecule has 0 unspecified atom stereocenters. The maximum atomic E-state index is 14.6. The molecule has 1 aliphatic heterocycles. The van der Waals surface area contributed by atoms with Gasteiger partial charge in [-0.2, -0.15) is 23.3 Å². The molecule has 2 N–H and O–H groups in total. The smallest absolute Gasteiger partial charge is 0.391 e. The fraction of sp³-hybridized carbons (Fsp3) is 0.379. The predicted molar refractivity (Wildman–Crippen MR) is 152 cm³/mol. The lowest BCUT2D eigenvalue weighted by Crippen LogP contribution is -2.55. The van der Waals surface area contributed by atoms with E-state index < -0.39 is 24.0 Å². The number of halogens is 4. The second-order valence-electron chi connectivity index (χ2n) is 10.7. The molecule has 2 aromatic carbocycles. The summed E-state index contributed by atoms with van der Waals surface area (Å²) in [6.45, 7) is 1.71. The normalized spacial score (nSPS) is 20.7. The van der Waals surface area contributed by atoms with Crippen LogP contribution in [0.15, 0.2) is 42.7 Å². The van der Waals surface area contributed by atoms with Gasteiger partial charge >= 0.3 is 6.18 Å². The summed E-state index contributed by atoms with van der Waals surface area (Å²) in [5.41, 5.74) is 1.47. The van der Waals surface area contributed by atoms with Crippen molar-refractivity contribution in [2.45, 2.75) is 50.9 Å². The number of nitrogens with zero attached hydrogens (tertiary/aromatic N) is 5. The van der Waals surface area contributed by atoms with E-state index >= 15 is 0 Å². The van der Waals surface area contributed by atoms with Crippen molar-refractivity contribution < 1.29 is 31.8 Å². The number of rotatable bonds is 6. The van der Waals surface area contributed by atoms with Crippen LogP contribution in [0.5, 0.6) is 11.5 Å². The van der Waals surface area contributed by atoms with Crippen LogP contribution in [0.4, 0.5) is 46.4 Å². The number of hydrogen-bond acceptors (Lipinski definition) is 8. The zero-order valence-corrected chi connectivity index (χ0v) is 23.6. The number of aromatic amines is 1. The van der Waals surface area contributed by atoms with E-state index in [1.54, 1.807) is 36.1 Å². The summed E-state index contributed by atoms with van der Waals surface area (Å²) in [6, 6.07) is 6.89. The van der Waals surface area contributed by atoms with Gasteiger partial charge in [-0.15, -0.1) is 0 Å². The molecule has 10 nitrogen and oxygen atoms in total. The van der Waals surface area contributed by atoms with Gasteiger partial charge in [0.25, 0.3) is 5.91 Å². The first-order valence-electron chi connectivity index (χ1n) is 13.8. The lowest BCUT2D eigenvalue weighted by atomic mass is 9.84. The summed E-state index contributed by atoms with van der Waals surface area (Å²) in [5, 5.41) is 10.0. The number of hydrogen-bond donors (Lipinski definition) is 2. The van der Waals surface area contributed by atoms with Crippen molar-refractivity contribution >= 4 is 45.6 Å². The first-order chi connectivity index (χ1) is 20.6. The van der Waals surface area contributed by atoms with Crippen molar-refractivity contribution in [1.29, 1.82) is 0 Å². The average Bonchev–Trinajstić information content (AvgIpc) is 3.47. The third-order valence-corrected chi connectivity index (χ3v) is 8.17. The Morgan fingerprint density at radius 3 is 2.47 bits per heavy atom. The predicted octanol–water partition coefficient (Wildman–Crippen LogP) is 6.25. The summed E-state index contributed by atoms with van der Waals surface area (Å²) in [4.78, 5) is 26.4. The van der Waals surface area contributed by atoms with E-state index in [-0.39, 0.29) is 49.1 Å². The molecule has 3 heterocycles. The molecule has 2 aromatic heterocycles. The van der Waals surface area contributed by atoms with Crippen molar-refractivity contribution in [2.75, 3.05) is 29.3 Å². The fourth-order valence-electron chi connectivity index (χ4n) is 6.00. The number of aromatic nitrogens is 4. The second-order valence-corrected chi connectivity index (χ2v) is 10.7. The minimum absolute atomic E-state index is 0.0412. The number of amides is 1. The molecule has 43 heavy (non-hydrogen) atoms. The highest BCUT2D eigenvalue weighted by Crippen LogP contribution is 2.46. The average molecular weight is 600 g/mol. The summed E-state index contributed by atoms with van der Waals surface area (Å²) in [6.07, 6.45) is -0.891. The van der Waals surface area contributed by atoms with Crippen LogP contribution in [0.1, 0.15) is 32.6 Å². The molecule has 226 valence electrons. The summed E-state index contributed by atoms with van der Waals surface area (Å²) < 4.78 is 65.8. The molecular weight excluding hydrogens is 570 g/mol. The molecule has 0 spiro atoms. The zero-order chi connectivity index (χ0) is 30.5. The summed E-state index contributed by atoms with van der Waals surface area (Å²) in [5.74, 6) is -0.802. The number of anilines is 5. The maximum Gasteiger partial charge on any atom is 0.391 e. The van der Waals surface area contributed by atoms with Crippen molar-refractivity contribution in [3.05, 3.63) is 48.5 Å². The van der Waals surface area contributed by atoms with E-state index in [0.717, 1.165) is 0 Å². The Morgan fingerprint density at radius 2 is 1.77 bits per heavy atom. The van der Waals surface area contributed by atoms with Gasteiger partial charge in [-0.1, -0.05) is 0 Å². The van der Waals surface area contributed by atoms with Gasteiger partial charge in [0.15, 0.2) is 23.1 Å². The number of carbonyl (C=O) groups is 1. The highest BCUT2D eigenvalue weighted by Gasteiger charge is 2.46. The van der Waals surface area contributed by atoms with Crippen molar-refractivity contribution in [3.8, 4) is 11.5 Å². The number of H-pyrrole nitrogens is 1. The van der Waals surface area contributed by atoms with Crippen molar-refractivity contribution in [3.63, 3.8) is 0 Å². The summed E-state index contributed by atoms with van der Waals surface area (Å²) >= 11 is 0. The van der Waals surface area contributed by atoms with Gasteiger partial charge in [0.05, 0.1) is 38.2 Å². The Kier molecular flexibility index (Phi) is 7.22. The molecule has 0 radical (unpaired) electrons. The number of fused-ring (bicyclic) bond motifs is 2. The first-order valence-corrected chi connectivity index (χ1v) is 13.8. The highest BCUT2D eigenvalue weighted by molar-refractivity contribution is 6.10. The standard InChI is InChI=1S/C29H29F4N7O3/c1-15-27(41)40(20-8-9-23(42-2)24(12-20)43-3)22-14-34-28(36-18-10-16-13-35-38-25(16)21(30)11-18)37-26(22)39(15)19-6-4-17(5-7-19)29(31,32)33/h8-15,17,19H,4-7H2,1-3H3,(H,35,38)(H,34,36,37)/t15-,17?,19?/m1/s1. The van der Waals surface area contributed by atoms with Crippen LogP contribution in [0, 0.1) is 11.7 Å². The monoisotopic (exact) mass is 599 g/mol. The molecule has 1 atom stereocenters. The Hall–Kier alpha value is -4.62. The number of alkyl halides is 3. The molecule has 0 saturated heterocycles. The largest absolute Gasteiger partial charge is 0.493 e. The van der Waals surface area contributed by atoms with Crippen LogP contribution >= 0.6 is 0 Å². The molecule has 1 amide bonds. The van der Waals surface area contributed by atoms with Crippen molar-refractivity contribution in [1.82, 2.24) is 20.2 Å². The lowest BCUT2D eigenvalue weighted by molar-refractivity contribution is -0.182. The highest BCUT2D eigenvalue weighted by atomic mass is 19.4. The Bertz CT molecular complexity index is 1670. The number of carbonyl (C=O) groups excluding carboxylic acids is 1. The molecule has 2 aliphatic rings. The van der Waals surface area contributed by atoms with Crippen LogP contribution in [0.2, 0.25) is 0 Å². The number of ether oxygens (including phenoxy) is 2. The molecule has 1 saturated carbocycles. The Labute approximate surface area is 244 Å². The number of nitrogens with one attached hydrogen (secondary N) is 2. The maximum absolute atomic E-state index is 14.6. The van der Waals surface area contributed by atoms with E-state index in [0.29, 0.717) is 39.8 Å². The van der Waals surface area contributed by atoms with E-state index in [1.807, 2.05) is 0 Å². The van der Waals surface area contributed by atoms with Crippen molar-refractivity contribution in [2.24, 2.45) is 5.92 Å². The quantitative estimate of drug-likeness (QED) is 0.251. The van der Waals surface area contributed by atoms with Gasteiger partial charge in [-0.25, -0.2) is 9.37 Å². The van der Waals surface area contributed by atoms with Gasteiger partial charge in [-0.3, -0.25) is 14.8 Å². The first kappa shape index (κ1) is 28.5. The van der Waals surface area contributed by atoms with Crippen LogP contribution in [0.25, 0.3) is 10.9 Å². The molecule has 14 heteroatoms. The van der Waals surface area contributed by atoms with E-state index in [9.17, 15) is 22.4 Å². The van der Waals surface area contributed by atoms with Gasteiger partial charge in [0.2, 0.25) is 5.95 Å². The van der Waals surface area contributed by atoms with Crippen LogP contribution < -0.4 is 24.6 Å². The zero-order valence-electron chi connectivity index (χ0n) is 23.6. The van der Waals surface area contributed by atoms with Gasteiger partial charge in [0.1, 0.15) is 17.2 Å². The van der Waals surface area contributed by atoms with E-state index in [1.165, 1.54) is 37.6 Å². The third-order valence-electron chi connectivity index (χ3n) is 8.17. The number of benzene rings is 2. The molecule has 4 aromatic rings. The van der Waals surface area contributed by atoms with Crippen LogP contribution in [-0.2, 0) is 4.79 Å². The molecular formula is C29H29F4N7O3.